The molecule has 108 valence electrons. The first kappa shape index (κ1) is 14.7. The van der Waals surface area contributed by atoms with Crippen molar-refractivity contribution >= 4 is 17.7 Å². The van der Waals surface area contributed by atoms with Crippen LogP contribution in [0.5, 0.6) is 5.75 Å². The molecule has 0 fully saturated rings. The highest BCUT2D eigenvalue weighted by atomic mass is 16.5. The summed E-state index contributed by atoms with van der Waals surface area (Å²) in [5, 5.41) is 0. The van der Waals surface area contributed by atoms with Crippen molar-refractivity contribution < 1.29 is 14.3 Å². The molecular formula is C17H17NO3. The third-order valence-corrected chi connectivity index (χ3v) is 2.86. The molecule has 0 atom stereocenters. The molecule has 2 aromatic carbocycles. The monoisotopic (exact) mass is 283 g/mol. The van der Waals surface area contributed by atoms with Gasteiger partial charge in [-0.1, -0.05) is 24.3 Å². The fourth-order valence-corrected chi connectivity index (χ4v) is 1.75. The summed E-state index contributed by atoms with van der Waals surface area (Å²) in [5.74, 6) is 0.375. The highest BCUT2D eigenvalue weighted by Crippen LogP contribution is 2.12. The van der Waals surface area contributed by atoms with Gasteiger partial charge in [0, 0.05) is 11.8 Å². The molecule has 0 aromatic heterocycles. The molecule has 0 spiro atoms. The number of carbonyl (C=O) groups is 1. The second-order valence-corrected chi connectivity index (χ2v) is 4.46. The van der Waals surface area contributed by atoms with E-state index in [1.54, 1.807) is 25.3 Å². The summed E-state index contributed by atoms with van der Waals surface area (Å²) in [4.78, 5) is 11.6. The second-order valence-electron chi connectivity index (χ2n) is 4.46. The third kappa shape index (κ3) is 4.69. The SMILES string of the molecule is COc1ccc(COC(=O)/C=C/c2cccc(N)c2)cc1. The van der Waals surface area contributed by atoms with Crippen molar-refractivity contribution in [2.75, 3.05) is 12.8 Å². The number of carbonyl (C=O) groups excluding carboxylic acids is 1. The summed E-state index contributed by atoms with van der Waals surface area (Å²) in [7, 11) is 1.61. The molecule has 0 amide bonds. The Morgan fingerprint density at radius 2 is 1.95 bits per heavy atom. The van der Waals surface area contributed by atoms with E-state index in [0.29, 0.717) is 5.69 Å². The maximum atomic E-state index is 11.6. The minimum Gasteiger partial charge on any atom is -0.497 e. The number of rotatable bonds is 5. The Balaban J connectivity index is 1.86. The lowest BCUT2D eigenvalue weighted by Crippen LogP contribution is -2.00. The van der Waals surface area contributed by atoms with Crippen LogP contribution in [0.2, 0.25) is 0 Å². The molecule has 0 aliphatic heterocycles. The molecule has 0 saturated carbocycles. The van der Waals surface area contributed by atoms with E-state index in [0.717, 1.165) is 16.9 Å². The van der Waals surface area contributed by atoms with Crippen LogP contribution in [0.15, 0.2) is 54.6 Å². The first-order chi connectivity index (χ1) is 10.2. The lowest BCUT2D eigenvalue weighted by Gasteiger charge is -2.04. The molecule has 0 unspecified atom stereocenters. The van der Waals surface area contributed by atoms with Gasteiger partial charge in [-0.25, -0.2) is 4.79 Å². The summed E-state index contributed by atoms with van der Waals surface area (Å²) >= 11 is 0. The number of nitrogens with two attached hydrogens (primary N) is 1. The van der Waals surface area contributed by atoms with Gasteiger partial charge in [0.15, 0.2) is 0 Å². The summed E-state index contributed by atoms with van der Waals surface area (Å²) in [6.45, 7) is 0.226. The van der Waals surface area contributed by atoms with Crippen molar-refractivity contribution in [1.82, 2.24) is 0 Å². The Kier molecular flexibility index (Phi) is 4.99. The maximum Gasteiger partial charge on any atom is 0.331 e. The van der Waals surface area contributed by atoms with E-state index in [1.807, 2.05) is 36.4 Å². The summed E-state index contributed by atoms with van der Waals surface area (Å²) in [5.41, 5.74) is 8.08. The van der Waals surface area contributed by atoms with Crippen molar-refractivity contribution in [2.24, 2.45) is 0 Å². The Morgan fingerprint density at radius 3 is 2.62 bits per heavy atom. The van der Waals surface area contributed by atoms with Gasteiger partial charge >= 0.3 is 5.97 Å². The van der Waals surface area contributed by atoms with Crippen LogP contribution in [0.1, 0.15) is 11.1 Å². The number of esters is 1. The van der Waals surface area contributed by atoms with Gasteiger partial charge in [0.1, 0.15) is 12.4 Å². The first-order valence-electron chi connectivity index (χ1n) is 6.50. The first-order valence-corrected chi connectivity index (χ1v) is 6.50. The van der Waals surface area contributed by atoms with Crippen molar-refractivity contribution in [3.63, 3.8) is 0 Å². The van der Waals surface area contributed by atoms with Gasteiger partial charge in [0.05, 0.1) is 7.11 Å². The Bertz CT molecular complexity index is 633. The zero-order valence-corrected chi connectivity index (χ0v) is 11.8. The van der Waals surface area contributed by atoms with Gasteiger partial charge in [-0.3, -0.25) is 0 Å². The summed E-state index contributed by atoms with van der Waals surface area (Å²) < 4.78 is 10.2. The lowest BCUT2D eigenvalue weighted by atomic mass is 10.2. The quantitative estimate of drug-likeness (QED) is 0.520. The molecular weight excluding hydrogens is 266 g/mol. The van der Waals surface area contributed by atoms with E-state index in [1.165, 1.54) is 6.08 Å². The third-order valence-electron chi connectivity index (χ3n) is 2.86. The highest BCUT2D eigenvalue weighted by molar-refractivity contribution is 5.87. The standard InChI is InChI=1S/C17H17NO3/c1-20-16-8-5-14(6-9-16)12-21-17(19)10-7-13-3-2-4-15(18)11-13/h2-11H,12,18H2,1H3/b10-7+. The average molecular weight is 283 g/mol. The summed E-state index contributed by atoms with van der Waals surface area (Å²) in [6, 6.07) is 14.6. The molecule has 0 aliphatic rings. The maximum absolute atomic E-state index is 11.6. The van der Waals surface area contributed by atoms with Crippen LogP contribution in [-0.4, -0.2) is 13.1 Å². The van der Waals surface area contributed by atoms with E-state index < -0.39 is 5.97 Å². The van der Waals surface area contributed by atoms with Crippen molar-refractivity contribution in [1.29, 1.82) is 0 Å². The number of anilines is 1. The van der Waals surface area contributed by atoms with Gasteiger partial charge in [-0.05, 0) is 41.5 Å². The van der Waals surface area contributed by atoms with Crippen LogP contribution < -0.4 is 10.5 Å². The van der Waals surface area contributed by atoms with Gasteiger partial charge < -0.3 is 15.2 Å². The van der Waals surface area contributed by atoms with Gasteiger partial charge in [-0.2, -0.15) is 0 Å². The van der Waals surface area contributed by atoms with Crippen molar-refractivity contribution in [3.8, 4) is 5.75 Å². The van der Waals surface area contributed by atoms with E-state index in [9.17, 15) is 4.79 Å². The van der Waals surface area contributed by atoms with E-state index >= 15 is 0 Å². The topological polar surface area (TPSA) is 61.5 Å². The fourth-order valence-electron chi connectivity index (χ4n) is 1.75. The number of hydrogen-bond acceptors (Lipinski definition) is 4. The molecule has 0 bridgehead atoms. The van der Waals surface area contributed by atoms with Crippen molar-refractivity contribution in [3.05, 3.63) is 65.7 Å². The van der Waals surface area contributed by atoms with Crippen molar-refractivity contribution in [2.45, 2.75) is 6.61 Å². The highest BCUT2D eigenvalue weighted by Gasteiger charge is 1.99. The molecule has 0 saturated heterocycles. The molecule has 21 heavy (non-hydrogen) atoms. The lowest BCUT2D eigenvalue weighted by molar-refractivity contribution is -0.138. The fraction of sp³-hybridized carbons (Fsp3) is 0.118. The minimum atomic E-state index is -0.395. The average Bonchev–Trinajstić information content (AvgIpc) is 2.51. The van der Waals surface area contributed by atoms with E-state index in [2.05, 4.69) is 0 Å². The normalized spacial score (nSPS) is 10.5. The van der Waals surface area contributed by atoms with Crippen LogP contribution in [0.25, 0.3) is 6.08 Å². The van der Waals surface area contributed by atoms with Gasteiger partial charge in [0.25, 0.3) is 0 Å². The molecule has 4 nitrogen and oxygen atoms in total. The number of ether oxygens (including phenoxy) is 2. The number of hydrogen-bond donors (Lipinski definition) is 1. The van der Waals surface area contributed by atoms with Gasteiger partial charge in [-0.15, -0.1) is 0 Å². The minimum absolute atomic E-state index is 0.226. The zero-order chi connectivity index (χ0) is 15.1. The zero-order valence-electron chi connectivity index (χ0n) is 11.8. The predicted molar refractivity (Wildman–Crippen MR) is 82.7 cm³/mol. The predicted octanol–water partition coefficient (Wildman–Crippen LogP) is 3.03. The molecule has 0 aliphatic carbocycles. The van der Waals surface area contributed by atoms with Crippen LogP contribution in [0, 0.1) is 0 Å². The Labute approximate surface area is 123 Å². The number of methoxy groups -OCH3 is 1. The largest absolute Gasteiger partial charge is 0.497 e. The molecule has 2 N–H and O–H groups in total. The molecule has 0 heterocycles. The second kappa shape index (κ2) is 7.14. The van der Waals surface area contributed by atoms with E-state index in [-0.39, 0.29) is 6.61 Å². The Morgan fingerprint density at radius 1 is 1.19 bits per heavy atom. The Hall–Kier alpha value is -2.75. The molecule has 4 heteroatoms. The smallest absolute Gasteiger partial charge is 0.331 e. The van der Waals surface area contributed by atoms with Gasteiger partial charge in [0.2, 0.25) is 0 Å². The van der Waals surface area contributed by atoms with Crippen LogP contribution in [0.3, 0.4) is 0 Å². The van der Waals surface area contributed by atoms with Crippen LogP contribution >= 0.6 is 0 Å². The van der Waals surface area contributed by atoms with Crippen LogP contribution in [-0.2, 0) is 16.1 Å². The number of benzene rings is 2. The molecule has 2 aromatic rings. The molecule has 2 rings (SSSR count). The van der Waals surface area contributed by atoms with E-state index in [4.69, 9.17) is 15.2 Å². The number of nitrogen functional groups attached to an aromatic ring is 1. The van der Waals surface area contributed by atoms with Crippen LogP contribution in [0.4, 0.5) is 5.69 Å². The summed E-state index contributed by atoms with van der Waals surface area (Å²) in [6.07, 6.45) is 3.06. The molecule has 0 radical (unpaired) electrons.